The molecule has 1 aromatic carbocycles. The summed E-state index contributed by atoms with van der Waals surface area (Å²) in [6.07, 6.45) is 4.07. The van der Waals surface area contributed by atoms with Crippen LogP contribution in [0.2, 0.25) is 5.02 Å². The predicted octanol–water partition coefficient (Wildman–Crippen LogP) is 4.01. The number of nitrogens with one attached hydrogen (secondary N) is 1. The highest BCUT2D eigenvalue weighted by Crippen LogP contribution is 2.39. The molecule has 2 amide bonds. The molecule has 1 saturated heterocycles. The lowest BCUT2D eigenvalue weighted by molar-refractivity contribution is 0.0303. The SMILES string of the molecule is O=C(Nc1sc2c(c1C(=O)N1CCOCC1)CCCC2)c1cccc(Cl)c1. The largest absolute Gasteiger partial charge is 0.378 e. The number of nitrogens with zero attached hydrogens (tertiary/aromatic N) is 1. The number of morpholine rings is 1. The minimum absolute atomic E-state index is 0.000839. The van der Waals surface area contributed by atoms with Crippen molar-refractivity contribution in [3.05, 3.63) is 50.9 Å². The molecule has 0 spiro atoms. The number of carbonyl (C=O) groups excluding carboxylic acids is 2. The zero-order chi connectivity index (χ0) is 18.8. The molecular weight excluding hydrogens is 384 g/mol. The first-order chi connectivity index (χ1) is 13.1. The molecule has 5 nitrogen and oxygen atoms in total. The number of halogens is 1. The standard InChI is InChI=1S/C20H21ClN2O3S/c21-14-5-3-4-13(12-14)18(24)22-19-17(15-6-1-2-7-16(15)27-19)20(25)23-8-10-26-11-9-23/h3-5,12H,1-2,6-11H2,(H,22,24). The molecule has 1 aromatic heterocycles. The van der Waals surface area contributed by atoms with Crippen LogP contribution in [0.5, 0.6) is 0 Å². The summed E-state index contributed by atoms with van der Waals surface area (Å²) in [5.74, 6) is -0.244. The average molecular weight is 405 g/mol. The third-order valence-corrected chi connectivity index (χ3v) is 6.44. The molecule has 0 saturated carbocycles. The van der Waals surface area contributed by atoms with Gasteiger partial charge in [0.15, 0.2) is 0 Å². The number of amides is 2. The number of hydrogen-bond acceptors (Lipinski definition) is 4. The van der Waals surface area contributed by atoms with Crippen LogP contribution in [0.15, 0.2) is 24.3 Å². The summed E-state index contributed by atoms with van der Waals surface area (Å²) in [5.41, 5.74) is 2.27. The van der Waals surface area contributed by atoms with Crippen LogP contribution in [0.25, 0.3) is 0 Å². The molecule has 1 aliphatic carbocycles. The maximum Gasteiger partial charge on any atom is 0.257 e. The van der Waals surface area contributed by atoms with Gasteiger partial charge in [-0.15, -0.1) is 11.3 Å². The van der Waals surface area contributed by atoms with Crippen LogP contribution in [0.1, 0.15) is 44.0 Å². The molecule has 0 unspecified atom stereocenters. The Bertz CT molecular complexity index is 874. The molecule has 1 N–H and O–H groups in total. The average Bonchev–Trinajstić information content (AvgIpc) is 3.06. The van der Waals surface area contributed by atoms with Crippen LogP contribution in [-0.4, -0.2) is 43.0 Å². The zero-order valence-corrected chi connectivity index (χ0v) is 16.5. The molecule has 1 aliphatic heterocycles. The number of ether oxygens (including phenoxy) is 1. The number of benzene rings is 1. The summed E-state index contributed by atoms with van der Waals surface area (Å²) in [5, 5.41) is 4.14. The molecule has 2 heterocycles. The van der Waals surface area contributed by atoms with E-state index < -0.39 is 0 Å². The van der Waals surface area contributed by atoms with E-state index in [0.717, 1.165) is 31.2 Å². The van der Waals surface area contributed by atoms with Crippen molar-refractivity contribution in [3.8, 4) is 0 Å². The monoisotopic (exact) mass is 404 g/mol. The van der Waals surface area contributed by atoms with Crippen LogP contribution in [0, 0.1) is 0 Å². The van der Waals surface area contributed by atoms with Crippen molar-refractivity contribution in [1.29, 1.82) is 0 Å². The van der Waals surface area contributed by atoms with E-state index in [4.69, 9.17) is 16.3 Å². The smallest absolute Gasteiger partial charge is 0.257 e. The summed E-state index contributed by atoms with van der Waals surface area (Å²) in [7, 11) is 0. The Morgan fingerprint density at radius 2 is 1.93 bits per heavy atom. The van der Waals surface area contributed by atoms with Gasteiger partial charge in [0.25, 0.3) is 11.8 Å². The molecule has 0 bridgehead atoms. The fourth-order valence-corrected chi connectivity index (χ4v) is 5.08. The van der Waals surface area contributed by atoms with Crippen LogP contribution in [0.3, 0.4) is 0 Å². The van der Waals surface area contributed by atoms with Gasteiger partial charge in [-0.05, 0) is 49.4 Å². The molecule has 1 fully saturated rings. The van der Waals surface area contributed by atoms with Gasteiger partial charge >= 0.3 is 0 Å². The second kappa shape index (κ2) is 8.00. The third kappa shape index (κ3) is 3.88. The molecule has 27 heavy (non-hydrogen) atoms. The summed E-state index contributed by atoms with van der Waals surface area (Å²) < 4.78 is 5.37. The number of aryl methyl sites for hydroxylation is 1. The Balaban J connectivity index is 1.66. The van der Waals surface area contributed by atoms with E-state index in [1.807, 2.05) is 4.90 Å². The first kappa shape index (κ1) is 18.5. The van der Waals surface area contributed by atoms with E-state index in [-0.39, 0.29) is 11.8 Å². The molecule has 7 heteroatoms. The van der Waals surface area contributed by atoms with Gasteiger partial charge < -0.3 is 15.0 Å². The summed E-state index contributed by atoms with van der Waals surface area (Å²) in [6, 6.07) is 6.83. The van der Waals surface area contributed by atoms with Crippen LogP contribution in [-0.2, 0) is 17.6 Å². The van der Waals surface area contributed by atoms with Gasteiger partial charge in [0.1, 0.15) is 5.00 Å². The lowest BCUT2D eigenvalue weighted by Crippen LogP contribution is -2.41. The fraction of sp³-hybridized carbons (Fsp3) is 0.400. The Morgan fingerprint density at radius 3 is 2.70 bits per heavy atom. The highest BCUT2D eigenvalue weighted by atomic mass is 35.5. The summed E-state index contributed by atoms with van der Waals surface area (Å²) in [6.45, 7) is 2.29. The van der Waals surface area contributed by atoms with Gasteiger partial charge in [-0.3, -0.25) is 9.59 Å². The number of carbonyl (C=O) groups is 2. The number of hydrogen-bond donors (Lipinski definition) is 1. The molecule has 2 aliphatic rings. The third-order valence-electron chi connectivity index (χ3n) is 5.00. The Labute approximate surface area is 167 Å². The molecule has 142 valence electrons. The van der Waals surface area contributed by atoms with Crippen molar-refractivity contribution < 1.29 is 14.3 Å². The minimum atomic E-state index is -0.243. The topological polar surface area (TPSA) is 58.6 Å². The van der Waals surface area contributed by atoms with E-state index in [9.17, 15) is 9.59 Å². The second-order valence-electron chi connectivity index (χ2n) is 6.78. The highest BCUT2D eigenvalue weighted by molar-refractivity contribution is 7.17. The maximum absolute atomic E-state index is 13.2. The molecule has 0 atom stereocenters. The van der Waals surface area contributed by atoms with Gasteiger partial charge in [0.2, 0.25) is 0 Å². The van der Waals surface area contributed by atoms with Gasteiger partial charge in [0, 0.05) is 28.6 Å². The van der Waals surface area contributed by atoms with Gasteiger partial charge in [-0.25, -0.2) is 0 Å². The lowest BCUT2D eigenvalue weighted by Gasteiger charge is -2.27. The number of fused-ring (bicyclic) bond motifs is 1. The quantitative estimate of drug-likeness (QED) is 0.840. The normalized spacial score (nSPS) is 16.7. The van der Waals surface area contributed by atoms with Gasteiger partial charge in [-0.2, -0.15) is 0 Å². The minimum Gasteiger partial charge on any atom is -0.378 e. The highest BCUT2D eigenvalue weighted by Gasteiger charge is 2.30. The van der Waals surface area contributed by atoms with E-state index in [1.165, 1.54) is 16.2 Å². The van der Waals surface area contributed by atoms with E-state index in [2.05, 4.69) is 5.32 Å². The molecule has 2 aromatic rings. The van der Waals surface area contributed by atoms with Gasteiger partial charge in [0.05, 0.1) is 18.8 Å². The second-order valence-corrected chi connectivity index (χ2v) is 8.33. The number of rotatable bonds is 3. The van der Waals surface area contributed by atoms with E-state index in [0.29, 0.717) is 47.5 Å². The van der Waals surface area contributed by atoms with Crippen LogP contribution >= 0.6 is 22.9 Å². The van der Waals surface area contributed by atoms with Crippen molar-refractivity contribution in [2.24, 2.45) is 0 Å². The Hall–Kier alpha value is -1.89. The Morgan fingerprint density at radius 1 is 1.15 bits per heavy atom. The zero-order valence-electron chi connectivity index (χ0n) is 14.9. The number of thiophene rings is 1. The van der Waals surface area contributed by atoms with Gasteiger partial charge in [-0.1, -0.05) is 17.7 Å². The molecule has 0 radical (unpaired) electrons. The van der Waals surface area contributed by atoms with Crippen molar-refractivity contribution in [2.75, 3.05) is 31.6 Å². The molecule has 4 rings (SSSR count). The first-order valence-corrected chi connectivity index (χ1v) is 10.4. The van der Waals surface area contributed by atoms with Crippen molar-refractivity contribution in [3.63, 3.8) is 0 Å². The maximum atomic E-state index is 13.2. The van der Waals surface area contributed by atoms with Crippen molar-refractivity contribution >= 4 is 39.8 Å². The summed E-state index contributed by atoms with van der Waals surface area (Å²) >= 11 is 7.55. The lowest BCUT2D eigenvalue weighted by atomic mass is 9.95. The molecular formula is C20H21ClN2O3S. The predicted molar refractivity (Wildman–Crippen MR) is 107 cm³/mol. The fourth-order valence-electron chi connectivity index (χ4n) is 3.61. The van der Waals surface area contributed by atoms with Crippen LogP contribution < -0.4 is 5.32 Å². The number of anilines is 1. The first-order valence-electron chi connectivity index (χ1n) is 9.22. The van der Waals surface area contributed by atoms with E-state index in [1.54, 1.807) is 24.3 Å². The Kier molecular flexibility index (Phi) is 5.48. The summed E-state index contributed by atoms with van der Waals surface area (Å²) in [4.78, 5) is 29.0. The van der Waals surface area contributed by atoms with Crippen molar-refractivity contribution in [1.82, 2.24) is 4.90 Å². The van der Waals surface area contributed by atoms with Crippen LogP contribution in [0.4, 0.5) is 5.00 Å². The van der Waals surface area contributed by atoms with Crippen molar-refractivity contribution in [2.45, 2.75) is 25.7 Å². The van der Waals surface area contributed by atoms with E-state index >= 15 is 0 Å².